The van der Waals surface area contributed by atoms with Crippen LogP contribution < -0.4 is 0 Å². The van der Waals surface area contributed by atoms with Gasteiger partial charge in [-0.25, -0.2) is 9.59 Å². The predicted octanol–water partition coefficient (Wildman–Crippen LogP) is 2.92. The van der Waals surface area contributed by atoms with Gasteiger partial charge in [0, 0.05) is 6.20 Å². The van der Waals surface area contributed by atoms with Gasteiger partial charge in [-0.3, -0.25) is 0 Å². The Morgan fingerprint density at radius 3 is 2.52 bits per heavy atom. The molecule has 0 spiro atoms. The lowest BCUT2D eigenvalue weighted by Crippen LogP contribution is -2.50. The normalized spacial score (nSPS) is 20.4. The topological polar surface area (TPSA) is 124 Å². The number of rotatable bonds is 8. The molecule has 2 rings (SSSR count). The summed E-state index contributed by atoms with van der Waals surface area (Å²) >= 11 is 0. The van der Waals surface area contributed by atoms with E-state index >= 15 is 0 Å². The highest BCUT2D eigenvalue weighted by molar-refractivity contribution is 6.02. The van der Waals surface area contributed by atoms with Gasteiger partial charge in [-0.1, -0.05) is 25.8 Å². The second-order valence-corrected chi connectivity index (χ2v) is 6.77. The van der Waals surface area contributed by atoms with Gasteiger partial charge in [-0.05, 0) is 32.4 Å². The van der Waals surface area contributed by atoms with Crippen molar-refractivity contribution in [3.05, 3.63) is 47.0 Å². The third kappa shape index (κ3) is 4.08. The lowest BCUT2D eigenvalue weighted by atomic mass is 9.80. The van der Waals surface area contributed by atoms with Crippen molar-refractivity contribution in [3.8, 4) is 12.1 Å². The minimum atomic E-state index is -2.28. The van der Waals surface area contributed by atoms with E-state index in [1.807, 2.05) is 19.1 Å². The zero-order valence-electron chi connectivity index (χ0n) is 16.6. The number of hydrogen-bond acceptors (Lipinski definition) is 7. The first kappa shape index (κ1) is 21.9. The molecule has 8 nitrogen and oxygen atoms in total. The highest BCUT2D eigenvalue weighted by Crippen LogP contribution is 2.43. The average molecular weight is 397 g/mol. The molecule has 0 bridgehead atoms. The fourth-order valence-electron chi connectivity index (χ4n) is 3.24. The molecule has 0 aromatic rings. The molecule has 1 unspecified atom stereocenters. The molecule has 2 aliphatic rings. The van der Waals surface area contributed by atoms with Gasteiger partial charge in [0.1, 0.15) is 29.0 Å². The molecule has 0 fully saturated rings. The van der Waals surface area contributed by atoms with E-state index in [4.69, 9.17) is 9.47 Å². The lowest BCUT2D eigenvalue weighted by Gasteiger charge is -2.39. The monoisotopic (exact) mass is 397 g/mol. The van der Waals surface area contributed by atoms with Crippen LogP contribution in [0.4, 0.5) is 0 Å². The van der Waals surface area contributed by atoms with Gasteiger partial charge in [0.05, 0.1) is 18.4 Å². The van der Waals surface area contributed by atoms with Crippen molar-refractivity contribution in [1.29, 1.82) is 10.5 Å². The standard InChI is InChI=1S/C21H23N3O5/c1-4-5-8-11-28-20(27)18-15-9-6-7-10-24(15)16(12-22)17(19(25)26)21(18,13-23)29-14(2)3/h6-7,9-10,14H,4-5,8,11H2,1-3H3,(H,25,26). The second-order valence-electron chi connectivity index (χ2n) is 6.77. The van der Waals surface area contributed by atoms with Crippen molar-refractivity contribution in [2.45, 2.75) is 51.7 Å². The molecule has 29 heavy (non-hydrogen) atoms. The maximum atomic E-state index is 13.0. The van der Waals surface area contributed by atoms with Crippen LogP contribution in [0.15, 0.2) is 47.0 Å². The number of unbranched alkanes of at least 4 members (excludes halogenated alkanes) is 2. The molecule has 0 aliphatic carbocycles. The van der Waals surface area contributed by atoms with E-state index in [1.54, 1.807) is 26.0 Å². The minimum absolute atomic E-state index is 0.128. The van der Waals surface area contributed by atoms with Gasteiger partial charge < -0.3 is 19.5 Å². The second kappa shape index (κ2) is 9.22. The number of hydrogen-bond donors (Lipinski definition) is 1. The van der Waals surface area contributed by atoms with Gasteiger partial charge in [-0.15, -0.1) is 0 Å². The van der Waals surface area contributed by atoms with E-state index in [2.05, 4.69) is 0 Å². The van der Waals surface area contributed by atoms with Gasteiger partial charge in [0.2, 0.25) is 5.60 Å². The minimum Gasteiger partial charge on any atom is -0.478 e. The van der Waals surface area contributed by atoms with Crippen molar-refractivity contribution in [3.63, 3.8) is 0 Å². The summed E-state index contributed by atoms with van der Waals surface area (Å²) in [6, 6.07) is 3.69. The SMILES string of the molecule is CCCCCOC(=O)C1=C2C=CC=CN2C(C#N)=C(C(=O)O)C1(C#N)OC(C)C. The van der Waals surface area contributed by atoms with Crippen molar-refractivity contribution in [1.82, 2.24) is 4.90 Å². The van der Waals surface area contributed by atoms with E-state index in [0.717, 1.165) is 12.8 Å². The molecule has 1 atom stereocenters. The number of ether oxygens (including phenoxy) is 2. The summed E-state index contributed by atoms with van der Waals surface area (Å²) in [5, 5.41) is 29.6. The molecule has 2 heterocycles. The van der Waals surface area contributed by atoms with Gasteiger partial charge in [0.25, 0.3) is 0 Å². The molecule has 0 amide bonds. The fourth-order valence-corrected chi connectivity index (χ4v) is 3.24. The van der Waals surface area contributed by atoms with Crippen LogP contribution in [-0.4, -0.2) is 40.3 Å². The van der Waals surface area contributed by atoms with Crippen LogP contribution in [0.5, 0.6) is 0 Å². The van der Waals surface area contributed by atoms with Crippen LogP contribution in [0.25, 0.3) is 0 Å². The first-order valence-corrected chi connectivity index (χ1v) is 9.37. The lowest BCUT2D eigenvalue weighted by molar-refractivity contribution is -0.143. The zero-order chi connectivity index (χ0) is 21.6. The largest absolute Gasteiger partial charge is 0.478 e. The van der Waals surface area contributed by atoms with Crippen LogP contribution in [-0.2, 0) is 19.1 Å². The quantitative estimate of drug-likeness (QED) is 0.490. The molecule has 0 aromatic heterocycles. The number of carbonyl (C=O) groups is 2. The molecule has 0 saturated heterocycles. The summed E-state index contributed by atoms with van der Waals surface area (Å²) in [5.74, 6) is -2.37. The molecule has 0 aromatic carbocycles. The van der Waals surface area contributed by atoms with Crippen LogP contribution >= 0.6 is 0 Å². The van der Waals surface area contributed by atoms with Gasteiger partial charge in [0.15, 0.2) is 0 Å². The highest BCUT2D eigenvalue weighted by Gasteiger charge is 2.55. The maximum Gasteiger partial charge on any atom is 0.340 e. The Labute approximate surface area is 169 Å². The number of carboxylic acids is 1. The molecule has 2 aliphatic heterocycles. The Balaban J connectivity index is 2.72. The number of esters is 1. The van der Waals surface area contributed by atoms with Crippen molar-refractivity contribution >= 4 is 11.9 Å². The van der Waals surface area contributed by atoms with Crippen molar-refractivity contribution in [2.24, 2.45) is 0 Å². The van der Waals surface area contributed by atoms with Crippen molar-refractivity contribution in [2.75, 3.05) is 6.61 Å². The Bertz CT molecular complexity index is 898. The molecule has 0 radical (unpaired) electrons. The number of allylic oxidation sites excluding steroid dienone is 4. The van der Waals surface area contributed by atoms with E-state index < -0.39 is 29.2 Å². The third-order valence-corrected chi connectivity index (χ3v) is 4.37. The Kier molecular flexibility index (Phi) is 6.98. The van der Waals surface area contributed by atoms with Crippen LogP contribution in [0.3, 0.4) is 0 Å². The number of carboxylic acid groups (broad SMARTS) is 1. The van der Waals surface area contributed by atoms with Crippen molar-refractivity contribution < 1.29 is 24.2 Å². The first-order valence-electron chi connectivity index (χ1n) is 9.37. The first-order chi connectivity index (χ1) is 13.8. The Hall–Kier alpha value is -3.36. The number of carbonyl (C=O) groups excluding carboxylic acids is 1. The molecule has 0 saturated carbocycles. The summed E-state index contributed by atoms with van der Waals surface area (Å²) in [5.41, 5.74) is -3.26. The molecular formula is C21H23N3O5. The summed E-state index contributed by atoms with van der Waals surface area (Å²) in [7, 11) is 0. The Morgan fingerprint density at radius 2 is 1.97 bits per heavy atom. The van der Waals surface area contributed by atoms with E-state index in [0.29, 0.717) is 6.42 Å². The fraction of sp³-hybridized carbons (Fsp3) is 0.429. The van der Waals surface area contributed by atoms with E-state index in [1.165, 1.54) is 17.2 Å². The van der Waals surface area contributed by atoms with E-state index in [-0.39, 0.29) is 23.6 Å². The smallest absolute Gasteiger partial charge is 0.340 e. The van der Waals surface area contributed by atoms with Crippen LogP contribution in [0.1, 0.15) is 40.0 Å². The molecule has 1 N–H and O–H groups in total. The maximum absolute atomic E-state index is 13.0. The predicted molar refractivity (Wildman–Crippen MR) is 102 cm³/mol. The molecule has 8 heteroatoms. The molecular weight excluding hydrogens is 374 g/mol. The number of fused-ring (bicyclic) bond motifs is 1. The third-order valence-electron chi connectivity index (χ3n) is 4.37. The van der Waals surface area contributed by atoms with Crippen LogP contribution in [0, 0.1) is 22.7 Å². The summed E-state index contributed by atoms with van der Waals surface area (Å²) in [6.45, 7) is 5.36. The van der Waals surface area contributed by atoms with Crippen LogP contribution in [0.2, 0.25) is 0 Å². The van der Waals surface area contributed by atoms with Gasteiger partial charge >= 0.3 is 11.9 Å². The highest BCUT2D eigenvalue weighted by atomic mass is 16.5. The number of nitrogens with zero attached hydrogens (tertiary/aromatic N) is 3. The zero-order valence-corrected chi connectivity index (χ0v) is 16.6. The molecule has 152 valence electrons. The number of aliphatic carboxylic acids is 1. The summed E-state index contributed by atoms with van der Waals surface area (Å²) in [4.78, 5) is 26.4. The summed E-state index contributed by atoms with van der Waals surface area (Å²) < 4.78 is 11.1. The average Bonchev–Trinajstić information content (AvgIpc) is 2.69. The number of nitriles is 2. The van der Waals surface area contributed by atoms with E-state index in [9.17, 15) is 25.2 Å². The van der Waals surface area contributed by atoms with Gasteiger partial charge in [-0.2, -0.15) is 10.5 Å². The summed E-state index contributed by atoms with van der Waals surface area (Å²) in [6.07, 6.45) is 8.01. The Morgan fingerprint density at radius 1 is 1.24 bits per heavy atom.